The van der Waals surface area contributed by atoms with Gasteiger partial charge in [-0.2, -0.15) is 9.40 Å². The summed E-state index contributed by atoms with van der Waals surface area (Å²) in [6.45, 7) is 8.37. The fraction of sp³-hybridized carbons (Fsp3) is 0.458. The quantitative estimate of drug-likeness (QED) is 0.422. The van der Waals surface area contributed by atoms with Gasteiger partial charge in [0.25, 0.3) is 0 Å². The Bertz CT molecular complexity index is 1520. The molecular weight excluding hydrogens is 498 g/mol. The van der Waals surface area contributed by atoms with E-state index in [1.54, 1.807) is 15.6 Å². The number of thiophene rings is 1. The van der Waals surface area contributed by atoms with Crippen LogP contribution in [-0.2, 0) is 21.3 Å². The number of aryl methyl sites for hydroxylation is 1. The molecule has 2 fully saturated rings. The second-order valence-electron chi connectivity index (χ2n) is 9.38. The Hall–Kier alpha value is -2.64. The van der Waals surface area contributed by atoms with Crippen LogP contribution in [0.15, 0.2) is 24.4 Å². The molecule has 4 aromatic rings. The molecule has 2 aliphatic heterocycles. The Labute approximate surface area is 213 Å². The number of anilines is 1. The van der Waals surface area contributed by atoms with Crippen molar-refractivity contribution in [2.45, 2.75) is 13.5 Å². The monoisotopic (exact) mass is 527 g/mol. The number of H-pyrrole nitrogens is 1. The molecule has 0 radical (unpaired) electrons. The zero-order valence-electron chi connectivity index (χ0n) is 20.4. The molecule has 0 bridgehead atoms. The van der Waals surface area contributed by atoms with Crippen LogP contribution in [0.4, 0.5) is 5.82 Å². The maximum atomic E-state index is 11.9. The van der Waals surface area contributed by atoms with Gasteiger partial charge in [-0.1, -0.05) is 12.1 Å². The summed E-state index contributed by atoms with van der Waals surface area (Å²) < 4.78 is 31.0. The van der Waals surface area contributed by atoms with Crippen molar-refractivity contribution in [1.82, 2.24) is 29.4 Å². The second kappa shape index (κ2) is 9.34. The molecule has 0 saturated carbocycles. The molecule has 12 heteroatoms. The van der Waals surface area contributed by atoms with E-state index in [9.17, 15) is 8.42 Å². The van der Waals surface area contributed by atoms with Gasteiger partial charge in [0, 0.05) is 61.6 Å². The number of hydrogen-bond donors (Lipinski definition) is 1. The highest BCUT2D eigenvalue weighted by Gasteiger charge is 2.26. The van der Waals surface area contributed by atoms with Crippen molar-refractivity contribution in [3.8, 4) is 11.4 Å². The van der Waals surface area contributed by atoms with Crippen molar-refractivity contribution in [3.63, 3.8) is 0 Å². The Kier molecular flexibility index (Phi) is 6.16. The third-order valence-electron chi connectivity index (χ3n) is 7.07. The van der Waals surface area contributed by atoms with E-state index in [0.29, 0.717) is 32.1 Å². The van der Waals surface area contributed by atoms with Crippen molar-refractivity contribution in [3.05, 3.63) is 34.8 Å². The Balaban J connectivity index is 1.40. The van der Waals surface area contributed by atoms with E-state index in [1.165, 1.54) is 16.7 Å². The number of benzene rings is 1. The molecule has 0 aliphatic carbocycles. The van der Waals surface area contributed by atoms with E-state index in [-0.39, 0.29) is 0 Å². The number of rotatable bonds is 5. The smallest absolute Gasteiger partial charge is 0.211 e. The first-order chi connectivity index (χ1) is 17.4. The number of hydrogen-bond acceptors (Lipinski definition) is 9. The van der Waals surface area contributed by atoms with Crippen molar-refractivity contribution in [2.24, 2.45) is 0 Å². The highest BCUT2D eigenvalue weighted by atomic mass is 32.2. The Morgan fingerprint density at radius 3 is 2.61 bits per heavy atom. The molecule has 1 aromatic carbocycles. The van der Waals surface area contributed by atoms with Gasteiger partial charge in [0.1, 0.15) is 10.6 Å². The molecule has 5 heterocycles. The van der Waals surface area contributed by atoms with Crippen LogP contribution in [0.5, 0.6) is 0 Å². The Morgan fingerprint density at radius 1 is 1.08 bits per heavy atom. The van der Waals surface area contributed by atoms with Gasteiger partial charge in [-0.25, -0.2) is 18.4 Å². The lowest BCUT2D eigenvalue weighted by Gasteiger charge is -2.33. The van der Waals surface area contributed by atoms with Gasteiger partial charge < -0.3 is 9.64 Å². The normalized spacial score (nSPS) is 18.4. The maximum absolute atomic E-state index is 11.9. The molecule has 3 aromatic heterocycles. The zero-order chi connectivity index (χ0) is 24.9. The third-order valence-corrected chi connectivity index (χ3v) is 9.55. The van der Waals surface area contributed by atoms with Crippen LogP contribution in [0.3, 0.4) is 0 Å². The molecule has 2 saturated heterocycles. The van der Waals surface area contributed by atoms with Crippen LogP contribution in [0.2, 0.25) is 0 Å². The molecule has 0 spiro atoms. The number of nitrogens with zero attached hydrogens (tertiary/aromatic N) is 6. The number of nitrogens with one attached hydrogen (secondary N) is 1. The molecule has 0 unspecified atom stereocenters. The average molecular weight is 528 g/mol. The van der Waals surface area contributed by atoms with E-state index >= 15 is 0 Å². The summed E-state index contributed by atoms with van der Waals surface area (Å²) in [5.41, 5.74) is 3.12. The summed E-state index contributed by atoms with van der Waals surface area (Å²) in [5.74, 6) is 1.66. The van der Waals surface area contributed by atoms with E-state index in [2.05, 4.69) is 26.9 Å². The third kappa shape index (κ3) is 4.37. The molecule has 10 nitrogen and oxygen atoms in total. The highest BCUT2D eigenvalue weighted by Crippen LogP contribution is 2.39. The van der Waals surface area contributed by atoms with Gasteiger partial charge in [0.05, 0.1) is 36.6 Å². The molecule has 2 aliphatic rings. The van der Waals surface area contributed by atoms with Gasteiger partial charge in [0.15, 0.2) is 5.82 Å². The summed E-state index contributed by atoms with van der Waals surface area (Å²) >= 11 is 1.71. The molecule has 6 rings (SSSR count). The average Bonchev–Trinajstić information content (AvgIpc) is 3.48. The predicted octanol–water partition coefficient (Wildman–Crippen LogP) is 2.46. The molecule has 1 N–H and O–H groups in total. The summed E-state index contributed by atoms with van der Waals surface area (Å²) in [7, 11) is -3.14. The minimum atomic E-state index is -3.14. The molecular formula is C24H29N7O3S2. The van der Waals surface area contributed by atoms with Gasteiger partial charge in [0.2, 0.25) is 10.0 Å². The Morgan fingerprint density at radius 2 is 1.86 bits per heavy atom. The van der Waals surface area contributed by atoms with E-state index < -0.39 is 10.0 Å². The van der Waals surface area contributed by atoms with Crippen molar-refractivity contribution >= 4 is 48.3 Å². The van der Waals surface area contributed by atoms with Gasteiger partial charge in [-0.05, 0) is 18.6 Å². The van der Waals surface area contributed by atoms with Gasteiger partial charge in [-0.15, -0.1) is 11.3 Å². The number of piperazine rings is 1. The lowest BCUT2D eigenvalue weighted by atomic mass is 10.1. The van der Waals surface area contributed by atoms with Crippen LogP contribution in [-0.4, -0.2) is 96.5 Å². The number of aromatic amines is 1. The topological polar surface area (TPSA) is 108 Å². The minimum Gasteiger partial charge on any atom is -0.378 e. The summed E-state index contributed by atoms with van der Waals surface area (Å²) in [5, 5.41) is 9.36. The second-order valence-corrected chi connectivity index (χ2v) is 12.4. The number of morpholine rings is 1. The van der Waals surface area contributed by atoms with Crippen LogP contribution in [0.25, 0.3) is 32.5 Å². The number of sulfonamides is 1. The summed E-state index contributed by atoms with van der Waals surface area (Å²) in [6.07, 6.45) is 3.11. The minimum absolute atomic E-state index is 0.528. The molecule has 0 atom stereocenters. The van der Waals surface area contributed by atoms with Crippen molar-refractivity contribution < 1.29 is 13.2 Å². The molecule has 0 amide bonds. The SMILES string of the molecule is Cc1c(CN2CCN(S(C)(=O)=O)CC2)sc2nc(-c3cccc4[nH]ncc34)nc(N3CCOCC3)c12. The predicted molar refractivity (Wildman–Crippen MR) is 142 cm³/mol. The van der Waals surface area contributed by atoms with E-state index in [1.807, 2.05) is 24.4 Å². The summed E-state index contributed by atoms with van der Waals surface area (Å²) in [4.78, 5) is 17.0. The first kappa shape index (κ1) is 23.7. The van der Waals surface area contributed by atoms with Crippen LogP contribution in [0.1, 0.15) is 10.4 Å². The largest absolute Gasteiger partial charge is 0.378 e. The van der Waals surface area contributed by atoms with Crippen LogP contribution < -0.4 is 4.90 Å². The molecule has 190 valence electrons. The van der Waals surface area contributed by atoms with E-state index in [0.717, 1.165) is 65.2 Å². The fourth-order valence-corrected chi connectivity index (χ4v) is 7.07. The standard InChI is InChI=1S/C24H29N7O3S2/c1-16-20(15-29-6-8-31(9-7-29)36(2,32)33)35-24-21(16)23(30-10-12-34-13-11-30)26-22(27-24)17-4-3-5-19-18(17)14-25-28-19/h3-5,14H,6-13,15H2,1-2H3,(H,25,28). The lowest BCUT2D eigenvalue weighted by molar-refractivity contribution is 0.122. The van der Waals surface area contributed by atoms with E-state index in [4.69, 9.17) is 14.7 Å². The number of aromatic nitrogens is 4. The van der Waals surface area contributed by atoms with Crippen LogP contribution in [0, 0.1) is 6.92 Å². The summed E-state index contributed by atoms with van der Waals surface area (Å²) in [6, 6.07) is 6.05. The number of fused-ring (bicyclic) bond motifs is 2. The van der Waals surface area contributed by atoms with Crippen LogP contribution >= 0.6 is 11.3 Å². The first-order valence-corrected chi connectivity index (χ1v) is 14.8. The van der Waals surface area contributed by atoms with Crippen molar-refractivity contribution in [2.75, 3.05) is 63.6 Å². The van der Waals surface area contributed by atoms with Gasteiger partial charge >= 0.3 is 0 Å². The zero-order valence-corrected chi connectivity index (χ0v) is 22.0. The van der Waals surface area contributed by atoms with Gasteiger partial charge in [-0.3, -0.25) is 10.00 Å². The lowest BCUT2D eigenvalue weighted by Crippen LogP contribution is -2.47. The first-order valence-electron chi connectivity index (χ1n) is 12.1. The van der Waals surface area contributed by atoms with Crippen molar-refractivity contribution in [1.29, 1.82) is 0 Å². The molecule has 36 heavy (non-hydrogen) atoms. The number of ether oxygens (including phenoxy) is 1. The maximum Gasteiger partial charge on any atom is 0.211 e. The highest BCUT2D eigenvalue weighted by molar-refractivity contribution is 7.88. The fourth-order valence-electron chi connectivity index (χ4n) is 5.02.